The minimum Gasteiger partial charge on any atom is -0.425 e. The van der Waals surface area contributed by atoms with E-state index in [1.54, 1.807) is 0 Å². The third-order valence-electron chi connectivity index (χ3n) is 8.60. The summed E-state index contributed by atoms with van der Waals surface area (Å²) in [6.45, 7) is 6.23. The molecule has 3 nitrogen and oxygen atoms in total. The lowest BCUT2D eigenvalue weighted by Crippen LogP contribution is -2.26. The van der Waals surface area contributed by atoms with Crippen LogP contribution in [0.3, 0.4) is 0 Å². The number of unbranched alkanes of at least 4 members (excludes halogenated alkanes) is 6. The number of nitriles is 1. The number of alkyl halides is 1. The zero-order chi connectivity index (χ0) is 27.4. The Kier molecular flexibility index (Phi) is 12.2. The zero-order valence-corrected chi connectivity index (χ0v) is 24.4. The van der Waals surface area contributed by atoms with Crippen molar-refractivity contribution in [2.75, 3.05) is 0 Å². The van der Waals surface area contributed by atoms with E-state index in [0.29, 0.717) is 11.7 Å². The molecule has 0 N–H and O–H groups in total. The second-order valence-corrected chi connectivity index (χ2v) is 11.9. The van der Waals surface area contributed by atoms with Crippen LogP contribution in [0.1, 0.15) is 116 Å². The second kappa shape index (κ2) is 15.3. The van der Waals surface area contributed by atoms with E-state index in [2.05, 4.69) is 37.3 Å². The highest BCUT2D eigenvalue weighted by Crippen LogP contribution is 2.46. The quantitative estimate of drug-likeness (QED) is 0.105. The Morgan fingerprint density at radius 2 is 1.50 bits per heavy atom. The fourth-order valence-electron chi connectivity index (χ4n) is 5.62. The molecule has 1 aliphatic carbocycles. The van der Waals surface area contributed by atoms with E-state index < -0.39 is 11.3 Å². The third-order valence-corrected chi connectivity index (χ3v) is 9.20. The fraction of sp³-hybridized carbons (Fsp3) is 0.588. The van der Waals surface area contributed by atoms with Crippen molar-refractivity contribution in [3.63, 3.8) is 0 Å². The van der Waals surface area contributed by atoms with Gasteiger partial charge in [-0.25, -0.2) is 0 Å². The summed E-state index contributed by atoms with van der Waals surface area (Å²) in [5.74, 6) is 0.736. The van der Waals surface area contributed by atoms with Crippen LogP contribution in [0.2, 0.25) is 0 Å². The molecule has 1 fully saturated rings. The Morgan fingerprint density at radius 1 is 0.947 bits per heavy atom. The molecule has 38 heavy (non-hydrogen) atoms. The molecule has 0 bridgehead atoms. The smallest absolute Gasteiger partial charge is 0.329 e. The lowest BCUT2D eigenvalue weighted by Gasteiger charge is -2.35. The standard InChI is InChI=1S/C34H46ClNO2/c1-4-6-7-8-9-10-11-22-34(25-36)23-20-30(21-24-34)28-14-12-27(13-15-28)29-16-18-31(19-17-29)38-33(37)32(35)26(3)5-2/h12-19,26,30,32H,4-11,20-24H2,1-3H3. The lowest BCUT2D eigenvalue weighted by atomic mass is 9.67. The maximum atomic E-state index is 12.3. The van der Waals surface area contributed by atoms with E-state index in [0.717, 1.165) is 49.7 Å². The average Bonchev–Trinajstić information content (AvgIpc) is 2.96. The Labute approximate surface area is 235 Å². The molecule has 4 heteroatoms. The second-order valence-electron chi connectivity index (χ2n) is 11.4. The summed E-state index contributed by atoms with van der Waals surface area (Å²) in [6.07, 6.45) is 15.3. The van der Waals surface area contributed by atoms with Gasteiger partial charge in [-0.05, 0) is 72.8 Å². The van der Waals surface area contributed by atoms with Crippen LogP contribution >= 0.6 is 11.6 Å². The molecule has 2 aromatic carbocycles. The van der Waals surface area contributed by atoms with Gasteiger partial charge in [-0.2, -0.15) is 5.26 Å². The normalized spacial score (nSPS) is 20.9. The summed E-state index contributed by atoms with van der Waals surface area (Å²) in [7, 11) is 0. The van der Waals surface area contributed by atoms with E-state index >= 15 is 0 Å². The van der Waals surface area contributed by atoms with Crippen LogP contribution in [0.25, 0.3) is 11.1 Å². The van der Waals surface area contributed by atoms with Crippen LogP contribution in [0.5, 0.6) is 5.75 Å². The first-order valence-corrected chi connectivity index (χ1v) is 15.3. The number of ether oxygens (including phenoxy) is 1. The molecule has 0 amide bonds. The molecule has 1 aliphatic rings. The number of benzene rings is 2. The highest BCUT2D eigenvalue weighted by atomic mass is 35.5. The fourth-order valence-corrected chi connectivity index (χ4v) is 5.84. The van der Waals surface area contributed by atoms with Crippen molar-refractivity contribution in [3.05, 3.63) is 54.1 Å². The molecular formula is C34H46ClNO2. The first kappa shape index (κ1) is 30.2. The van der Waals surface area contributed by atoms with Crippen LogP contribution in [-0.2, 0) is 4.79 Å². The Hall–Kier alpha value is -2.31. The van der Waals surface area contributed by atoms with Gasteiger partial charge in [-0.3, -0.25) is 4.79 Å². The van der Waals surface area contributed by atoms with E-state index in [-0.39, 0.29) is 11.3 Å². The van der Waals surface area contributed by atoms with Gasteiger partial charge < -0.3 is 4.74 Å². The zero-order valence-electron chi connectivity index (χ0n) is 23.7. The number of nitrogens with zero attached hydrogens (tertiary/aromatic N) is 1. The summed E-state index contributed by atoms with van der Waals surface area (Å²) >= 11 is 6.22. The summed E-state index contributed by atoms with van der Waals surface area (Å²) in [4.78, 5) is 12.3. The van der Waals surface area contributed by atoms with E-state index in [4.69, 9.17) is 16.3 Å². The van der Waals surface area contributed by atoms with Crippen LogP contribution in [0.15, 0.2) is 48.5 Å². The van der Waals surface area contributed by atoms with Crippen LogP contribution < -0.4 is 4.74 Å². The van der Waals surface area contributed by atoms with Gasteiger partial charge >= 0.3 is 5.97 Å². The van der Waals surface area contributed by atoms with Gasteiger partial charge in [0.05, 0.1) is 11.5 Å². The molecule has 2 unspecified atom stereocenters. The molecule has 0 heterocycles. The van der Waals surface area contributed by atoms with Crippen molar-refractivity contribution in [2.24, 2.45) is 11.3 Å². The van der Waals surface area contributed by atoms with Crippen LogP contribution in [-0.4, -0.2) is 11.3 Å². The molecule has 0 aliphatic heterocycles. The summed E-state index contributed by atoms with van der Waals surface area (Å²) in [5.41, 5.74) is 3.49. The molecule has 0 saturated heterocycles. The van der Waals surface area contributed by atoms with Crippen molar-refractivity contribution in [1.82, 2.24) is 0 Å². The van der Waals surface area contributed by atoms with Gasteiger partial charge in [0.1, 0.15) is 11.1 Å². The first-order valence-electron chi connectivity index (χ1n) is 14.9. The minimum atomic E-state index is -0.634. The topological polar surface area (TPSA) is 50.1 Å². The molecule has 0 radical (unpaired) electrons. The number of hydrogen-bond acceptors (Lipinski definition) is 3. The van der Waals surface area contributed by atoms with Crippen molar-refractivity contribution >= 4 is 17.6 Å². The molecule has 0 aromatic heterocycles. The van der Waals surface area contributed by atoms with Gasteiger partial charge in [0, 0.05) is 0 Å². The third kappa shape index (κ3) is 8.60. The Balaban J connectivity index is 1.49. The highest BCUT2D eigenvalue weighted by Gasteiger charge is 2.35. The summed E-state index contributed by atoms with van der Waals surface area (Å²) < 4.78 is 5.47. The maximum Gasteiger partial charge on any atom is 0.329 e. The molecule has 3 rings (SSSR count). The van der Waals surface area contributed by atoms with Gasteiger partial charge in [0.15, 0.2) is 0 Å². The Bertz CT molecular complexity index is 1020. The number of hydrogen-bond donors (Lipinski definition) is 0. The molecule has 2 aromatic rings. The predicted molar refractivity (Wildman–Crippen MR) is 158 cm³/mol. The molecule has 0 spiro atoms. The number of carbonyl (C=O) groups excluding carboxylic acids is 1. The maximum absolute atomic E-state index is 12.3. The average molecular weight is 536 g/mol. The monoisotopic (exact) mass is 535 g/mol. The molecule has 206 valence electrons. The van der Waals surface area contributed by atoms with Crippen molar-refractivity contribution < 1.29 is 9.53 Å². The molecule has 2 atom stereocenters. The van der Waals surface area contributed by atoms with Crippen LogP contribution in [0.4, 0.5) is 0 Å². The van der Waals surface area contributed by atoms with Gasteiger partial charge in [0.25, 0.3) is 0 Å². The number of rotatable bonds is 14. The van der Waals surface area contributed by atoms with Gasteiger partial charge in [-0.1, -0.05) is 109 Å². The van der Waals surface area contributed by atoms with Crippen LogP contribution in [0, 0.1) is 22.7 Å². The van der Waals surface area contributed by atoms with Crippen molar-refractivity contribution in [3.8, 4) is 22.9 Å². The van der Waals surface area contributed by atoms with Gasteiger partial charge in [-0.15, -0.1) is 11.6 Å². The molecular weight excluding hydrogens is 490 g/mol. The number of esters is 1. The SMILES string of the molecule is CCCCCCCCCC1(C#N)CCC(c2ccc(-c3ccc(OC(=O)C(Cl)C(C)CC)cc3)cc2)CC1. The first-order chi connectivity index (χ1) is 18.4. The minimum absolute atomic E-state index is 0.0764. The summed E-state index contributed by atoms with van der Waals surface area (Å²) in [6, 6.07) is 19.2. The van der Waals surface area contributed by atoms with E-state index in [1.165, 1.54) is 50.5 Å². The van der Waals surface area contributed by atoms with E-state index in [1.807, 2.05) is 38.1 Å². The largest absolute Gasteiger partial charge is 0.425 e. The Morgan fingerprint density at radius 3 is 2.05 bits per heavy atom. The summed E-state index contributed by atoms with van der Waals surface area (Å²) in [5, 5.41) is 9.35. The number of halogens is 1. The lowest BCUT2D eigenvalue weighted by molar-refractivity contribution is -0.134. The van der Waals surface area contributed by atoms with Gasteiger partial charge in [0.2, 0.25) is 0 Å². The molecule has 1 saturated carbocycles. The predicted octanol–water partition coefficient (Wildman–Crippen LogP) is 10.2. The van der Waals surface area contributed by atoms with E-state index in [9.17, 15) is 10.1 Å². The van der Waals surface area contributed by atoms with Crippen molar-refractivity contribution in [2.45, 2.75) is 116 Å². The van der Waals surface area contributed by atoms with Crippen molar-refractivity contribution in [1.29, 1.82) is 5.26 Å². The number of carbonyl (C=O) groups is 1. The highest BCUT2D eigenvalue weighted by molar-refractivity contribution is 6.30.